The van der Waals surface area contributed by atoms with E-state index in [1.54, 1.807) is 35.4 Å². The van der Waals surface area contributed by atoms with Crippen molar-refractivity contribution in [3.63, 3.8) is 0 Å². The van der Waals surface area contributed by atoms with Crippen molar-refractivity contribution in [2.75, 3.05) is 5.43 Å². The summed E-state index contributed by atoms with van der Waals surface area (Å²) in [6, 6.07) is 7.46. The van der Waals surface area contributed by atoms with E-state index in [4.69, 9.17) is 10.6 Å². The average Bonchev–Trinajstić information content (AvgIpc) is 3.01. The molecule has 3 N–H and O–H groups in total. The summed E-state index contributed by atoms with van der Waals surface area (Å²) in [6.07, 6.45) is 4.89. The Bertz CT molecular complexity index is 747. The standard InChI is InChI=1S/C12H10BrN7O/c13-8-2-1-3-9(6-8)21-12-17-10(19-14)16-11(18-12)20-5-4-15-7-20/h1-7H,14H2,(H,16,17,18,19). The number of anilines is 1. The first-order chi connectivity index (χ1) is 10.2. The van der Waals surface area contributed by atoms with Crippen LogP contribution in [0, 0.1) is 0 Å². The minimum atomic E-state index is 0.125. The highest BCUT2D eigenvalue weighted by Gasteiger charge is 2.09. The molecule has 0 aliphatic rings. The monoisotopic (exact) mass is 347 g/mol. The molecule has 0 spiro atoms. The zero-order chi connectivity index (χ0) is 14.7. The van der Waals surface area contributed by atoms with Gasteiger partial charge in [0.25, 0.3) is 0 Å². The molecule has 106 valence electrons. The molecule has 9 heteroatoms. The largest absolute Gasteiger partial charge is 0.424 e. The Kier molecular flexibility index (Phi) is 3.75. The van der Waals surface area contributed by atoms with Crippen LogP contribution in [0.5, 0.6) is 11.8 Å². The molecule has 2 heterocycles. The number of nitrogens with one attached hydrogen (secondary N) is 1. The number of nitrogen functional groups attached to an aromatic ring is 1. The van der Waals surface area contributed by atoms with E-state index in [2.05, 4.69) is 41.3 Å². The summed E-state index contributed by atoms with van der Waals surface area (Å²) in [7, 11) is 0. The van der Waals surface area contributed by atoms with Crippen LogP contribution in [0.25, 0.3) is 5.95 Å². The smallest absolute Gasteiger partial charge is 0.328 e. The molecule has 0 amide bonds. The van der Waals surface area contributed by atoms with Gasteiger partial charge < -0.3 is 4.74 Å². The number of rotatable bonds is 4. The van der Waals surface area contributed by atoms with Gasteiger partial charge in [-0.1, -0.05) is 22.0 Å². The normalized spacial score (nSPS) is 10.4. The van der Waals surface area contributed by atoms with Gasteiger partial charge in [-0.15, -0.1) is 0 Å². The number of nitrogens with zero attached hydrogens (tertiary/aromatic N) is 5. The lowest BCUT2D eigenvalue weighted by Crippen LogP contribution is -2.13. The lowest BCUT2D eigenvalue weighted by atomic mass is 10.3. The second-order valence-corrected chi connectivity index (χ2v) is 4.83. The fourth-order valence-corrected chi connectivity index (χ4v) is 1.96. The van der Waals surface area contributed by atoms with Gasteiger partial charge in [-0.2, -0.15) is 15.0 Å². The first-order valence-corrected chi connectivity index (χ1v) is 6.68. The first-order valence-electron chi connectivity index (χ1n) is 5.89. The summed E-state index contributed by atoms with van der Waals surface area (Å²) >= 11 is 3.37. The van der Waals surface area contributed by atoms with Gasteiger partial charge in [-0.25, -0.2) is 10.8 Å². The predicted octanol–water partition coefficient (Wildman–Crippen LogP) is 1.90. The summed E-state index contributed by atoms with van der Waals surface area (Å²) in [4.78, 5) is 16.3. The van der Waals surface area contributed by atoms with E-state index in [-0.39, 0.29) is 12.0 Å². The summed E-state index contributed by atoms with van der Waals surface area (Å²) in [5.41, 5.74) is 2.38. The van der Waals surface area contributed by atoms with Crippen LogP contribution >= 0.6 is 15.9 Å². The highest BCUT2D eigenvalue weighted by molar-refractivity contribution is 9.10. The van der Waals surface area contributed by atoms with Gasteiger partial charge in [0.1, 0.15) is 12.1 Å². The summed E-state index contributed by atoms with van der Waals surface area (Å²) in [6.45, 7) is 0. The van der Waals surface area contributed by atoms with Gasteiger partial charge in [-0.3, -0.25) is 9.99 Å². The van der Waals surface area contributed by atoms with E-state index in [9.17, 15) is 0 Å². The molecule has 3 aromatic rings. The molecule has 8 nitrogen and oxygen atoms in total. The SMILES string of the molecule is NNc1nc(Oc2cccc(Br)c2)nc(-n2ccnc2)n1. The Morgan fingerprint density at radius 2 is 2.14 bits per heavy atom. The average molecular weight is 348 g/mol. The third-order valence-electron chi connectivity index (χ3n) is 2.47. The Balaban J connectivity index is 1.96. The molecule has 0 bridgehead atoms. The van der Waals surface area contributed by atoms with Crippen molar-refractivity contribution >= 4 is 21.9 Å². The molecule has 1 aromatic carbocycles. The highest BCUT2D eigenvalue weighted by Crippen LogP contribution is 2.22. The second-order valence-electron chi connectivity index (χ2n) is 3.92. The minimum absolute atomic E-state index is 0.125. The number of hydrazine groups is 1. The van der Waals surface area contributed by atoms with E-state index < -0.39 is 0 Å². The van der Waals surface area contributed by atoms with Crippen molar-refractivity contribution in [2.45, 2.75) is 0 Å². The Labute approximate surface area is 128 Å². The van der Waals surface area contributed by atoms with Gasteiger partial charge in [0, 0.05) is 16.9 Å². The number of nitrogens with two attached hydrogens (primary N) is 1. The number of benzene rings is 1. The Hall–Kier alpha value is -2.52. The lowest BCUT2D eigenvalue weighted by molar-refractivity contribution is 0.438. The molecule has 3 rings (SSSR count). The molecular weight excluding hydrogens is 338 g/mol. The molecule has 2 aromatic heterocycles. The van der Waals surface area contributed by atoms with Crippen molar-refractivity contribution in [1.29, 1.82) is 0 Å². The summed E-state index contributed by atoms with van der Waals surface area (Å²) in [5, 5.41) is 0. The fraction of sp³-hybridized carbons (Fsp3) is 0. The second kappa shape index (κ2) is 5.85. The molecule has 0 radical (unpaired) electrons. The Morgan fingerprint density at radius 1 is 1.24 bits per heavy atom. The maximum absolute atomic E-state index is 5.62. The maximum Gasteiger partial charge on any atom is 0.328 e. The van der Waals surface area contributed by atoms with Crippen LogP contribution in [0.3, 0.4) is 0 Å². The third kappa shape index (κ3) is 3.15. The van der Waals surface area contributed by atoms with Gasteiger partial charge in [0.2, 0.25) is 11.9 Å². The molecule has 0 aliphatic carbocycles. The van der Waals surface area contributed by atoms with E-state index in [0.29, 0.717) is 11.7 Å². The van der Waals surface area contributed by atoms with Crippen molar-refractivity contribution in [3.8, 4) is 17.7 Å². The molecule has 0 atom stereocenters. The molecule has 0 saturated heterocycles. The van der Waals surface area contributed by atoms with Gasteiger partial charge in [0.05, 0.1) is 0 Å². The van der Waals surface area contributed by atoms with Crippen molar-refractivity contribution in [2.24, 2.45) is 5.84 Å². The van der Waals surface area contributed by atoms with Crippen LogP contribution in [0.1, 0.15) is 0 Å². The van der Waals surface area contributed by atoms with Crippen LogP contribution in [0.2, 0.25) is 0 Å². The van der Waals surface area contributed by atoms with E-state index >= 15 is 0 Å². The number of aromatic nitrogens is 5. The van der Waals surface area contributed by atoms with Crippen LogP contribution < -0.4 is 16.0 Å². The number of hydrogen-bond acceptors (Lipinski definition) is 7. The topological polar surface area (TPSA) is 104 Å². The van der Waals surface area contributed by atoms with Crippen molar-refractivity contribution in [3.05, 3.63) is 47.5 Å². The van der Waals surface area contributed by atoms with Crippen LogP contribution in [-0.2, 0) is 0 Å². The number of halogens is 1. The maximum atomic E-state index is 5.62. The predicted molar refractivity (Wildman–Crippen MR) is 79.0 cm³/mol. The number of hydrogen-bond donors (Lipinski definition) is 2. The van der Waals surface area contributed by atoms with Crippen LogP contribution in [0.15, 0.2) is 47.5 Å². The lowest BCUT2D eigenvalue weighted by Gasteiger charge is -2.08. The number of ether oxygens (including phenoxy) is 1. The minimum Gasteiger partial charge on any atom is -0.424 e. The number of imidazole rings is 1. The van der Waals surface area contributed by atoms with Crippen molar-refractivity contribution in [1.82, 2.24) is 24.5 Å². The van der Waals surface area contributed by atoms with Crippen LogP contribution in [-0.4, -0.2) is 24.5 Å². The molecule has 0 fully saturated rings. The zero-order valence-electron chi connectivity index (χ0n) is 10.6. The van der Waals surface area contributed by atoms with Crippen molar-refractivity contribution < 1.29 is 4.74 Å². The van der Waals surface area contributed by atoms with E-state index in [1.165, 1.54) is 0 Å². The molecule has 0 saturated carbocycles. The van der Waals surface area contributed by atoms with Gasteiger partial charge >= 0.3 is 6.01 Å². The van der Waals surface area contributed by atoms with E-state index in [0.717, 1.165) is 4.47 Å². The molecular formula is C12H10BrN7O. The van der Waals surface area contributed by atoms with E-state index in [1.807, 2.05) is 12.1 Å². The fourth-order valence-electron chi connectivity index (χ4n) is 1.58. The van der Waals surface area contributed by atoms with Crippen LogP contribution in [0.4, 0.5) is 5.95 Å². The highest BCUT2D eigenvalue weighted by atomic mass is 79.9. The molecule has 0 unspecified atom stereocenters. The zero-order valence-corrected chi connectivity index (χ0v) is 12.2. The third-order valence-corrected chi connectivity index (χ3v) is 2.97. The first kappa shape index (κ1) is 13.5. The summed E-state index contributed by atoms with van der Waals surface area (Å²) in [5.74, 6) is 6.50. The molecule has 21 heavy (non-hydrogen) atoms. The summed E-state index contributed by atoms with van der Waals surface area (Å²) < 4.78 is 8.13. The Morgan fingerprint density at radius 3 is 2.86 bits per heavy atom. The van der Waals surface area contributed by atoms with Gasteiger partial charge in [0.15, 0.2) is 0 Å². The quantitative estimate of drug-likeness (QED) is 0.548. The van der Waals surface area contributed by atoms with Gasteiger partial charge in [-0.05, 0) is 18.2 Å². The molecule has 0 aliphatic heterocycles.